The fourth-order valence-electron chi connectivity index (χ4n) is 2.33. The zero-order valence-electron chi connectivity index (χ0n) is 15.1. The number of rotatable bonds is 9. The third kappa shape index (κ3) is 6.38. The van der Waals surface area contributed by atoms with Crippen LogP contribution in [0.4, 0.5) is 20.2 Å². The summed E-state index contributed by atoms with van der Waals surface area (Å²) in [5.74, 6) is -0.708. The normalized spacial score (nSPS) is 11.2. The van der Waals surface area contributed by atoms with Crippen LogP contribution < -0.4 is 15.4 Å². The molecule has 1 amide bonds. The van der Waals surface area contributed by atoms with Crippen molar-refractivity contribution in [2.75, 3.05) is 24.7 Å². The molecule has 156 valence electrons. The number of alkyl halides is 2. The van der Waals surface area contributed by atoms with Crippen LogP contribution in [0.3, 0.4) is 0 Å². The minimum atomic E-state index is -3.60. The number of anilines is 1. The van der Waals surface area contributed by atoms with E-state index in [9.17, 15) is 32.1 Å². The SMILES string of the molecule is CS(=O)(=O)c1ccc(NCCNC(=O)c2cccc(OC(F)F)c2)c([N+](=O)[O-])c1. The third-order valence-corrected chi connectivity index (χ3v) is 4.75. The Hall–Kier alpha value is -3.28. The summed E-state index contributed by atoms with van der Waals surface area (Å²) in [6, 6.07) is 8.69. The first kappa shape index (κ1) is 22.0. The summed E-state index contributed by atoms with van der Waals surface area (Å²) < 4.78 is 51.7. The number of nitro benzene ring substituents is 1. The van der Waals surface area contributed by atoms with Crippen LogP contribution in [0.1, 0.15) is 10.4 Å². The van der Waals surface area contributed by atoms with Gasteiger partial charge < -0.3 is 15.4 Å². The number of hydrogen-bond donors (Lipinski definition) is 2. The molecular weight excluding hydrogens is 412 g/mol. The second-order valence-corrected chi connectivity index (χ2v) is 7.81. The van der Waals surface area contributed by atoms with Crippen molar-refractivity contribution in [3.8, 4) is 5.75 Å². The Morgan fingerprint density at radius 2 is 1.93 bits per heavy atom. The van der Waals surface area contributed by atoms with Crippen molar-refractivity contribution >= 4 is 27.1 Å². The van der Waals surface area contributed by atoms with Crippen LogP contribution in [-0.2, 0) is 9.84 Å². The van der Waals surface area contributed by atoms with Crippen molar-refractivity contribution in [3.05, 3.63) is 58.1 Å². The van der Waals surface area contributed by atoms with Gasteiger partial charge >= 0.3 is 6.61 Å². The van der Waals surface area contributed by atoms with E-state index < -0.39 is 33.0 Å². The van der Waals surface area contributed by atoms with E-state index in [0.717, 1.165) is 18.4 Å². The van der Waals surface area contributed by atoms with Gasteiger partial charge in [0.15, 0.2) is 9.84 Å². The van der Waals surface area contributed by atoms with Crippen LogP contribution in [0, 0.1) is 10.1 Å². The van der Waals surface area contributed by atoms with Gasteiger partial charge in [-0.1, -0.05) is 6.07 Å². The first-order chi connectivity index (χ1) is 13.6. The maximum Gasteiger partial charge on any atom is 0.387 e. The van der Waals surface area contributed by atoms with Crippen molar-refractivity contribution in [1.29, 1.82) is 0 Å². The summed E-state index contributed by atoms with van der Waals surface area (Å²) in [7, 11) is -3.60. The molecule has 0 atom stereocenters. The van der Waals surface area contributed by atoms with Crippen molar-refractivity contribution in [1.82, 2.24) is 5.32 Å². The zero-order valence-corrected chi connectivity index (χ0v) is 15.9. The highest BCUT2D eigenvalue weighted by atomic mass is 32.2. The number of halogens is 2. The molecule has 2 rings (SSSR count). The smallest absolute Gasteiger partial charge is 0.387 e. The summed E-state index contributed by atoms with van der Waals surface area (Å²) in [5.41, 5.74) is -0.230. The Labute approximate surface area is 164 Å². The maximum absolute atomic E-state index is 12.2. The van der Waals surface area contributed by atoms with Gasteiger partial charge in [-0.3, -0.25) is 14.9 Å². The highest BCUT2D eigenvalue weighted by Gasteiger charge is 2.18. The van der Waals surface area contributed by atoms with E-state index in [4.69, 9.17) is 0 Å². The quantitative estimate of drug-likeness (QED) is 0.356. The summed E-state index contributed by atoms with van der Waals surface area (Å²) in [6.45, 7) is -2.86. The minimum absolute atomic E-state index is 0.0593. The van der Waals surface area contributed by atoms with Crippen molar-refractivity contribution < 1.29 is 31.7 Å². The van der Waals surface area contributed by atoms with Crippen molar-refractivity contribution in [2.45, 2.75) is 11.5 Å². The van der Waals surface area contributed by atoms with Crippen LogP contribution in [0.25, 0.3) is 0 Å². The molecule has 2 N–H and O–H groups in total. The Kier molecular flexibility index (Phi) is 7.04. The number of amides is 1. The summed E-state index contributed by atoms with van der Waals surface area (Å²) >= 11 is 0. The minimum Gasteiger partial charge on any atom is -0.435 e. The van der Waals surface area contributed by atoms with Gasteiger partial charge in [-0.25, -0.2) is 8.42 Å². The van der Waals surface area contributed by atoms with Crippen LogP contribution >= 0.6 is 0 Å². The first-order valence-electron chi connectivity index (χ1n) is 8.13. The molecule has 9 nitrogen and oxygen atoms in total. The van der Waals surface area contributed by atoms with E-state index in [1.54, 1.807) is 0 Å². The third-order valence-electron chi connectivity index (χ3n) is 3.64. The van der Waals surface area contributed by atoms with Gasteiger partial charge in [-0.05, 0) is 30.3 Å². The molecule has 0 aliphatic carbocycles. The molecular formula is C17H17F2N3O6S. The summed E-state index contributed by atoms with van der Waals surface area (Å²) in [6.07, 6.45) is 0.941. The maximum atomic E-state index is 12.2. The fourth-order valence-corrected chi connectivity index (χ4v) is 2.97. The predicted molar refractivity (Wildman–Crippen MR) is 100 cm³/mol. The molecule has 0 aliphatic heterocycles. The molecule has 0 unspecified atom stereocenters. The predicted octanol–water partition coefficient (Wildman–Crippen LogP) is 2.44. The van der Waals surface area contributed by atoms with Crippen LogP contribution in [0.5, 0.6) is 5.75 Å². The number of hydrogen-bond acceptors (Lipinski definition) is 7. The Morgan fingerprint density at radius 1 is 1.21 bits per heavy atom. The highest BCUT2D eigenvalue weighted by molar-refractivity contribution is 7.90. The molecule has 0 bridgehead atoms. The molecule has 2 aromatic rings. The lowest BCUT2D eigenvalue weighted by molar-refractivity contribution is -0.384. The van der Waals surface area contributed by atoms with Crippen LogP contribution in [0.2, 0.25) is 0 Å². The van der Waals surface area contributed by atoms with E-state index in [0.29, 0.717) is 0 Å². The van der Waals surface area contributed by atoms with Gasteiger partial charge in [-0.15, -0.1) is 0 Å². The average Bonchev–Trinajstić information content (AvgIpc) is 2.63. The number of nitrogens with zero attached hydrogens (tertiary/aromatic N) is 1. The molecule has 0 heterocycles. The highest BCUT2D eigenvalue weighted by Crippen LogP contribution is 2.27. The molecule has 0 spiro atoms. The van der Waals surface area contributed by atoms with E-state index >= 15 is 0 Å². The standard InChI is InChI=1S/C17H17F2N3O6S/c1-29(26,27)13-5-6-14(15(10-13)22(24)25)20-7-8-21-16(23)11-3-2-4-12(9-11)28-17(18)19/h2-6,9-10,17,20H,7-8H2,1H3,(H,21,23). The van der Waals surface area contributed by atoms with Gasteiger partial charge in [0, 0.05) is 31.0 Å². The van der Waals surface area contributed by atoms with Gasteiger partial charge in [0.1, 0.15) is 11.4 Å². The number of carbonyl (C=O) groups is 1. The molecule has 0 radical (unpaired) electrons. The van der Waals surface area contributed by atoms with E-state index in [1.165, 1.54) is 30.3 Å². The van der Waals surface area contributed by atoms with E-state index in [-0.39, 0.29) is 35.0 Å². The average molecular weight is 429 g/mol. The zero-order chi connectivity index (χ0) is 21.6. The number of nitrogens with one attached hydrogen (secondary N) is 2. The molecule has 0 saturated heterocycles. The Bertz CT molecular complexity index is 1010. The lowest BCUT2D eigenvalue weighted by Crippen LogP contribution is -2.28. The summed E-state index contributed by atoms with van der Waals surface area (Å²) in [4.78, 5) is 22.3. The van der Waals surface area contributed by atoms with Crippen LogP contribution in [-0.4, -0.2) is 45.2 Å². The van der Waals surface area contributed by atoms with Gasteiger partial charge in [0.05, 0.1) is 9.82 Å². The molecule has 29 heavy (non-hydrogen) atoms. The molecule has 0 fully saturated rings. The number of benzene rings is 2. The first-order valence-corrected chi connectivity index (χ1v) is 10.0. The van der Waals surface area contributed by atoms with Gasteiger partial charge in [-0.2, -0.15) is 8.78 Å². The number of carbonyl (C=O) groups excluding carboxylic acids is 1. The molecule has 0 aromatic heterocycles. The second-order valence-electron chi connectivity index (χ2n) is 5.80. The molecule has 2 aromatic carbocycles. The van der Waals surface area contributed by atoms with Crippen molar-refractivity contribution in [2.24, 2.45) is 0 Å². The van der Waals surface area contributed by atoms with E-state index in [1.807, 2.05) is 0 Å². The number of nitro groups is 1. The topological polar surface area (TPSA) is 128 Å². The molecule has 12 heteroatoms. The van der Waals surface area contributed by atoms with E-state index in [2.05, 4.69) is 15.4 Å². The molecule has 0 aliphatic rings. The second kappa shape index (κ2) is 9.28. The Balaban J connectivity index is 1.97. The van der Waals surface area contributed by atoms with Gasteiger partial charge in [0.25, 0.3) is 11.6 Å². The van der Waals surface area contributed by atoms with Crippen molar-refractivity contribution in [3.63, 3.8) is 0 Å². The monoisotopic (exact) mass is 429 g/mol. The largest absolute Gasteiger partial charge is 0.435 e. The number of sulfone groups is 1. The lowest BCUT2D eigenvalue weighted by atomic mass is 10.2. The Morgan fingerprint density at radius 3 is 2.55 bits per heavy atom. The van der Waals surface area contributed by atoms with Gasteiger partial charge in [0.2, 0.25) is 0 Å². The lowest BCUT2D eigenvalue weighted by Gasteiger charge is -2.10. The summed E-state index contributed by atoms with van der Waals surface area (Å²) in [5, 5.41) is 16.4. The molecule has 0 saturated carbocycles. The van der Waals surface area contributed by atoms with Crippen LogP contribution in [0.15, 0.2) is 47.4 Å². The fraction of sp³-hybridized carbons (Fsp3) is 0.235. The number of ether oxygens (including phenoxy) is 1.